The molecule has 1 aliphatic rings. The van der Waals surface area contributed by atoms with Gasteiger partial charge in [0.2, 0.25) is 5.91 Å². The lowest BCUT2D eigenvalue weighted by molar-refractivity contribution is -0.131. The third kappa shape index (κ3) is 6.07. The monoisotopic (exact) mass is 508 g/mol. The van der Waals surface area contributed by atoms with Crippen LogP contribution < -0.4 is 15.0 Å². The summed E-state index contributed by atoms with van der Waals surface area (Å²) in [6.45, 7) is -0.337. The van der Waals surface area contributed by atoms with E-state index >= 15 is 0 Å². The van der Waals surface area contributed by atoms with Gasteiger partial charge >= 0.3 is 0 Å². The van der Waals surface area contributed by atoms with Gasteiger partial charge in [-0.3, -0.25) is 9.59 Å². The van der Waals surface area contributed by atoms with Gasteiger partial charge in [-0.05, 0) is 54.8 Å². The van der Waals surface area contributed by atoms with Crippen molar-refractivity contribution >= 4 is 17.5 Å². The first-order valence-electron chi connectivity index (χ1n) is 12.0. The highest BCUT2D eigenvalue weighted by Gasteiger charge is 2.49. The number of benzene rings is 3. The Morgan fingerprint density at radius 3 is 2.49 bits per heavy atom. The van der Waals surface area contributed by atoms with Crippen LogP contribution in [0.5, 0.6) is 11.5 Å². The highest BCUT2D eigenvalue weighted by molar-refractivity contribution is 6.03. The number of hydrogen-bond acceptors (Lipinski definition) is 6. The fourth-order valence-electron chi connectivity index (χ4n) is 4.51. The number of carbonyl (C=O) groups excluding carboxylic acids is 2. The van der Waals surface area contributed by atoms with E-state index in [1.54, 1.807) is 17.0 Å². The van der Waals surface area contributed by atoms with Gasteiger partial charge in [-0.2, -0.15) is 0 Å². The number of phenols is 1. The molecule has 0 bridgehead atoms. The van der Waals surface area contributed by atoms with Gasteiger partial charge in [0.05, 0.1) is 24.7 Å². The third-order valence-corrected chi connectivity index (χ3v) is 6.38. The molecule has 1 fully saturated rings. The molecule has 0 saturated carbocycles. The normalized spacial score (nSPS) is 17.7. The second-order valence-electron chi connectivity index (χ2n) is 8.82. The summed E-state index contributed by atoms with van der Waals surface area (Å²) in [6, 6.07) is 18.9. The quantitative estimate of drug-likeness (QED) is 0.295. The fraction of sp³-hybridized carbons (Fsp3) is 0.286. The smallest absolute Gasteiger partial charge is 0.258 e. The number of halogens is 1. The van der Waals surface area contributed by atoms with E-state index in [9.17, 15) is 24.2 Å². The Hall–Kier alpha value is -3.95. The standard InChI is InChI=1S/C28H29FN2O6/c29-19-8-6-18(7-9-19)24(33)13-12-23-27(31(28(23)36)20-4-2-1-3-5-20)22-11-10-21(16-25(22)34)37-17-26(35)30-14-15-32/h1-11,16,23-24,27,32-34H,12-15,17H2,(H,30,35)/t23-,24+,27-/m1/s1. The number of anilines is 1. The van der Waals surface area contributed by atoms with Crippen LogP contribution in [0, 0.1) is 11.7 Å². The lowest BCUT2D eigenvalue weighted by atomic mass is 9.78. The Bertz CT molecular complexity index is 1220. The predicted octanol–water partition coefficient (Wildman–Crippen LogP) is 3.24. The zero-order valence-electron chi connectivity index (χ0n) is 20.1. The molecule has 0 aromatic heterocycles. The molecule has 37 heavy (non-hydrogen) atoms. The average Bonchev–Trinajstić information content (AvgIpc) is 2.90. The molecule has 2 amide bonds. The molecular formula is C28H29FN2O6. The zero-order valence-corrected chi connectivity index (χ0v) is 20.1. The average molecular weight is 509 g/mol. The van der Waals surface area contributed by atoms with Crippen LogP contribution in [0.1, 0.15) is 36.1 Å². The van der Waals surface area contributed by atoms with E-state index in [0.29, 0.717) is 23.2 Å². The molecule has 3 aromatic rings. The lowest BCUT2D eigenvalue weighted by Gasteiger charge is -2.48. The maximum Gasteiger partial charge on any atom is 0.258 e. The van der Waals surface area contributed by atoms with E-state index in [0.717, 1.165) is 0 Å². The van der Waals surface area contributed by atoms with Gasteiger partial charge in [-0.15, -0.1) is 0 Å². The van der Waals surface area contributed by atoms with E-state index in [4.69, 9.17) is 9.84 Å². The molecule has 0 spiro atoms. The van der Waals surface area contributed by atoms with Crippen molar-refractivity contribution in [2.45, 2.75) is 25.0 Å². The maximum absolute atomic E-state index is 13.2. The van der Waals surface area contributed by atoms with Crippen LogP contribution in [0.3, 0.4) is 0 Å². The molecule has 3 atom stereocenters. The summed E-state index contributed by atoms with van der Waals surface area (Å²) in [5, 5.41) is 32.7. The summed E-state index contributed by atoms with van der Waals surface area (Å²) >= 11 is 0. The van der Waals surface area contributed by atoms with Crippen molar-refractivity contribution in [2.75, 3.05) is 24.7 Å². The number of nitrogens with one attached hydrogen (secondary N) is 1. The molecule has 1 aliphatic heterocycles. The number of amides is 2. The van der Waals surface area contributed by atoms with Gasteiger partial charge in [0.15, 0.2) is 6.61 Å². The van der Waals surface area contributed by atoms with Crippen molar-refractivity contribution in [3.05, 3.63) is 89.7 Å². The van der Waals surface area contributed by atoms with Crippen LogP contribution in [0.25, 0.3) is 0 Å². The summed E-state index contributed by atoms with van der Waals surface area (Å²) in [7, 11) is 0. The summed E-state index contributed by atoms with van der Waals surface area (Å²) in [5.74, 6) is -1.22. The van der Waals surface area contributed by atoms with Crippen LogP contribution in [-0.4, -0.2) is 46.9 Å². The number of β-lactam (4-membered cyclic amide) rings is 1. The maximum atomic E-state index is 13.2. The molecule has 4 rings (SSSR count). The SMILES string of the molecule is O=C(COc1ccc([C@@H]2[C@@H](CC[C@H](O)c3ccc(F)cc3)C(=O)N2c2ccccc2)c(O)c1)NCCO. The number of carbonyl (C=O) groups is 2. The van der Waals surface area contributed by atoms with E-state index in [-0.39, 0.29) is 43.6 Å². The highest BCUT2D eigenvalue weighted by atomic mass is 19.1. The largest absolute Gasteiger partial charge is 0.507 e. The molecule has 194 valence electrons. The topological polar surface area (TPSA) is 119 Å². The second-order valence-corrected chi connectivity index (χ2v) is 8.82. The zero-order chi connectivity index (χ0) is 26.4. The number of para-hydroxylation sites is 1. The second kappa shape index (κ2) is 11.9. The number of aliphatic hydroxyl groups excluding tert-OH is 2. The van der Waals surface area contributed by atoms with E-state index in [1.165, 1.54) is 30.3 Å². The Labute approximate surface area is 213 Å². The van der Waals surface area contributed by atoms with Crippen LogP contribution in [-0.2, 0) is 9.59 Å². The van der Waals surface area contributed by atoms with E-state index in [1.807, 2.05) is 30.3 Å². The summed E-state index contributed by atoms with van der Waals surface area (Å²) < 4.78 is 18.7. The number of aromatic hydroxyl groups is 1. The molecule has 8 nitrogen and oxygen atoms in total. The number of phenolic OH excluding ortho intramolecular Hbond substituents is 1. The van der Waals surface area contributed by atoms with Crippen LogP contribution in [0.4, 0.5) is 10.1 Å². The Kier molecular flexibility index (Phi) is 8.37. The molecule has 0 radical (unpaired) electrons. The van der Waals surface area contributed by atoms with Gasteiger partial charge in [0.1, 0.15) is 17.3 Å². The first-order valence-corrected chi connectivity index (χ1v) is 12.0. The van der Waals surface area contributed by atoms with Gasteiger partial charge < -0.3 is 30.3 Å². The first-order chi connectivity index (χ1) is 17.9. The first kappa shape index (κ1) is 26.1. The van der Waals surface area contributed by atoms with Crippen molar-refractivity contribution in [3.8, 4) is 11.5 Å². The Morgan fingerprint density at radius 2 is 1.81 bits per heavy atom. The molecule has 9 heteroatoms. The van der Waals surface area contributed by atoms with Crippen molar-refractivity contribution in [2.24, 2.45) is 5.92 Å². The Balaban J connectivity index is 1.51. The minimum atomic E-state index is -0.860. The summed E-state index contributed by atoms with van der Waals surface area (Å²) in [4.78, 5) is 26.5. The predicted molar refractivity (Wildman–Crippen MR) is 134 cm³/mol. The number of nitrogens with zero attached hydrogens (tertiary/aromatic N) is 1. The Morgan fingerprint density at radius 1 is 1.08 bits per heavy atom. The molecule has 0 aliphatic carbocycles. The highest BCUT2D eigenvalue weighted by Crippen LogP contribution is 2.49. The molecule has 1 heterocycles. The van der Waals surface area contributed by atoms with Crippen molar-refractivity contribution in [1.82, 2.24) is 5.32 Å². The lowest BCUT2D eigenvalue weighted by Crippen LogP contribution is -2.55. The van der Waals surface area contributed by atoms with Gasteiger partial charge in [0.25, 0.3) is 5.91 Å². The van der Waals surface area contributed by atoms with Crippen LogP contribution >= 0.6 is 0 Å². The van der Waals surface area contributed by atoms with Gasteiger partial charge in [0, 0.05) is 23.9 Å². The van der Waals surface area contributed by atoms with Crippen molar-refractivity contribution < 1.29 is 34.0 Å². The number of hydrogen-bond donors (Lipinski definition) is 4. The minimum Gasteiger partial charge on any atom is -0.507 e. The van der Waals surface area contributed by atoms with Gasteiger partial charge in [-0.1, -0.05) is 30.3 Å². The molecular weight excluding hydrogens is 479 g/mol. The number of rotatable bonds is 11. The van der Waals surface area contributed by atoms with Crippen LogP contribution in [0.2, 0.25) is 0 Å². The summed E-state index contributed by atoms with van der Waals surface area (Å²) in [6.07, 6.45) is -0.221. The molecule has 4 N–H and O–H groups in total. The number of ether oxygens (including phenoxy) is 1. The van der Waals surface area contributed by atoms with Crippen molar-refractivity contribution in [3.63, 3.8) is 0 Å². The molecule has 0 unspecified atom stereocenters. The van der Waals surface area contributed by atoms with Crippen molar-refractivity contribution in [1.29, 1.82) is 0 Å². The van der Waals surface area contributed by atoms with E-state index < -0.39 is 29.8 Å². The van der Waals surface area contributed by atoms with Crippen LogP contribution in [0.15, 0.2) is 72.8 Å². The summed E-state index contributed by atoms with van der Waals surface area (Å²) in [5.41, 5.74) is 1.77. The van der Waals surface area contributed by atoms with E-state index in [2.05, 4.69) is 5.32 Å². The fourth-order valence-corrected chi connectivity index (χ4v) is 4.51. The minimum absolute atomic E-state index is 0.0872. The molecule has 1 saturated heterocycles. The number of aliphatic hydroxyl groups is 2. The van der Waals surface area contributed by atoms with Gasteiger partial charge in [-0.25, -0.2) is 4.39 Å². The third-order valence-electron chi connectivity index (χ3n) is 6.38. The molecule has 3 aromatic carbocycles.